The zero-order valence-corrected chi connectivity index (χ0v) is 12.4. The molecule has 0 N–H and O–H groups in total. The Bertz CT molecular complexity index is 576. The zero-order chi connectivity index (χ0) is 11.7. The Balaban J connectivity index is 2.38. The average molecular weight is 364 g/mol. The van der Waals surface area contributed by atoms with Crippen molar-refractivity contribution in [2.75, 3.05) is 0 Å². The van der Waals surface area contributed by atoms with Crippen LogP contribution < -0.4 is 5.56 Å². The first kappa shape index (κ1) is 12.0. The van der Waals surface area contributed by atoms with E-state index >= 15 is 0 Å². The minimum atomic E-state index is -0.0331. The third kappa shape index (κ3) is 2.61. The second-order valence-corrected chi connectivity index (χ2v) is 6.37. The molecule has 3 nitrogen and oxygen atoms in total. The van der Waals surface area contributed by atoms with E-state index in [0.29, 0.717) is 11.0 Å². The molecule has 6 heteroatoms. The van der Waals surface area contributed by atoms with Gasteiger partial charge in [-0.15, -0.1) is 11.3 Å². The molecule has 0 radical (unpaired) electrons. The molecule has 0 aliphatic heterocycles. The number of nitrogens with zero attached hydrogens (tertiary/aromatic N) is 2. The van der Waals surface area contributed by atoms with E-state index < -0.39 is 0 Å². The summed E-state index contributed by atoms with van der Waals surface area (Å²) in [5.41, 5.74) is -0.0331. The van der Waals surface area contributed by atoms with E-state index in [4.69, 9.17) is 0 Å². The summed E-state index contributed by atoms with van der Waals surface area (Å²) >= 11 is 8.21. The Morgan fingerprint density at radius 2 is 2.25 bits per heavy atom. The van der Waals surface area contributed by atoms with Crippen LogP contribution in [0.2, 0.25) is 0 Å². The molecular weight excluding hydrogens is 356 g/mol. The number of aromatic nitrogens is 2. The Hall–Kier alpha value is -0.460. The molecule has 0 aliphatic carbocycles. The first-order valence-electron chi connectivity index (χ1n) is 4.53. The van der Waals surface area contributed by atoms with E-state index in [-0.39, 0.29) is 5.56 Å². The predicted octanol–water partition coefficient (Wildman–Crippen LogP) is 3.19. The highest BCUT2D eigenvalue weighted by Crippen LogP contribution is 2.16. The molecule has 0 spiro atoms. The lowest BCUT2D eigenvalue weighted by Crippen LogP contribution is -2.20. The van der Waals surface area contributed by atoms with Gasteiger partial charge in [0.25, 0.3) is 5.56 Å². The van der Waals surface area contributed by atoms with Crippen molar-refractivity contribution in [3.63, 3.8) is 0 Å². The lowest BCUT2D eigenvalue weighted by molar-refractivity contribution is 0.760. The van der Waals surface area contributed by atoms with E-state index in [1.54, 1.807) is 34.4 Å². The highest BCUT2D eigenvalue weighted by atomic mass is 79.9. The van der Waals surface area contributed by atoms with Gasteiger partial charge in [0.15, 0.2) is 0 Å². The molecule has 0 fully saturated rings. The van der Waals surface area contributed by atoms with Crippen LogP contribution in [0.4, 0.5) is 0 Å². The van der Waals surface area contributed by atoms with E-state index in [9.17, 15) is 4.79 Å². The highest BCUT2D eigenvalue weighted by Gasteiger charge is 2.05. The van der Waals surface area contributed by atoms with Crippen molar-refractivity contribution in [2.45, 2.75) is 13.5 Å². The molecule has 0 saturated carbocycles. The summed E-state index contributed by atoms with van der Waals surface area (Å²) in [7, 11) is 0. The van der Waals surface area contributed by atoms with Gasteiger partial charge in [-0.2, -0.15) is 0 Å². The van der Waals surface area contributed by atoms with E-state index in [0.717, 1.165) is 14.4 Å². The third-order valence-corrected chi connectivity index (χ3v) is 3.90. The SMILES string of the molecule is Cc1ncc(Cn2cc(Br)cc(Br)c2=O)s1. The number of pyridine rings is 1. The van der Waals surface area contributed by atoms with Crippen LogP contribution in [0.1, 0.15) is 9.88 Å². The van der Waals surface area contributed by atoms with Crippen LogP contribution in [0.25, 0.3) is 0 Å². The van der Waals surface area contributed by atoms with Gasteiger partial charge >= 0.3 is 0 Å². The summed E-state index contributed by atoms with van der Waals surface area (Å²) in [5.74, 6) is 0. The first-order chi connectivity index (χ1) is 7.56. The number of hydrogen-bond donors (Lipinski definition) is 0. The van der Waals surface area contributed by atoms with Crippen molar-refractivity contribution >= 4 is 43.2 Å². The van der Waals surface area contributed by atoms with Crippen LogP contribution >= 0.6 is 43.2 Å². The van der Waals surface area contributed by atoms with Gasteiger partial charge < -0.3 is 4.57 Å². The largest absolute Gasteiger partial charge is 0.308 e. The normalized spacial score (nSPS) is 10.7. The number of hydrogen-bond acceptors (Lipinski definition) is 3. The summed E-state index contributed by atoms with van der Waals surface area (Å²) in [4.78, 5) is 17.1. The molecule has 0 aromatic carbocycles. The monoisotopic (exact) mass is 362 g/mol. The maximum Gasteiger partial charge on any atom is 0.265 e. The molecule has 16 heavy (non-hydrogen) atoms. The van der Waals surface area contributed by atoms with Crippen LogP contribution in [-0.2, 0) is 6.54 Å². The Kier molecular flexibility index (Phi) is 3.61. The van der Waals surface area contributed by atoms with Crippen molar-refractivity contribution in [2.24, 2.45) is 0 Å². The summed E-state index contributed by atoms with van der Waals surface area (Å²) in [6.45, 7) is 2.51. The first-order valence-corrected chi connectivity index (χ1v) is 6.93. The molecule has 2 aromatic rings. The quantitative estimate of drug-likeness (QED) is 0.821. The fourth-order valence-corrected chi connectivity index (χ4v) is 3.38. The van der Waals surface area contributed by atoms with Crippen molar-refractivity contribution in [1.29, 1.82) is 0 Å². The highest BCUT2D eigenvalue weighted by molar-refractivity contribution is 9.11. The van der Waals surface area contributed by atoms with E-state index in [2.05, 4.69) is 36.8 Å². The molecule has 0 aliphatic rings. The maximum atomic E-state index is 11.8. The number of thiazole rings is 1. The number of rotatable bonds is 2. The molecule has 2 rings (SSSR count). The van der Waals surface area contributed by atoms with E-state index in [1.807, 2.05) is 6.92 Å². The van der Waals surface area contributed by atoms with Gasteiger partial charge in [0.1, 0.15) is 0 Å². The molecule has 2 heterocycles. The maximum absolute atomic E-state index is 11.8. The number of halogens is 2. The van der Waals surface area contributed by atoms with Gasteiger partial charge in [-0.3, -0.25) is 4.79 Å². The third-order valence-electron chi connectivity index (χ3n) is 2.00. The Morgan fingerprint density at radius 3 is 2.88 bits per heavy atom. The lowest BCUT2D eigenvalue weighted by Gasteiger charge is -2.04. The molecule has 0 saturated heterocycles. The topological polar surface area (TPSA) is 34.9 Å². The van der Waals surface area contributed by atoms with Gasteiger partial charge in [0.2, 0.25) is 0 Å². The fraction of sp³-hybridized carbons (Fsp3) is 0.200. The summed E-state index contributed by atoms with van der Waals surface area (Å²) < 4.78 is 3.09. The fourth-order valence-electron chi connectivity index (χ4n) is 1.33. The zero-order valence-electron chi connectivity index (χ0n) is 8.41. The van der Waals surface area contributed by atoms with Crippen LogP contribution in [-0.4, -0.2) is 9.55 Å². The second kappa shape index (κ2) is 4.81. The van der Waals surface area contributed by atoms with Crippen LogP contribution in [0.15, 0.2) is 32.2 Å². The van der Waals surface area contributed by atoms with Gasteiger partial charge in [-0.25, -0.2) is 4.98 Å². The van der Waals surface area contributed by atoms with Crippen LogP contribution in [0, 0.1) is 6.92 Å². The molecule has 0 amide bonds. The van der Waals surface area contributed by atoms with Crippen molar-refractivity contribution in [1.82, 2.24) is 9.55 Å². The van der Waals surface area contributed by atoms with Gasteiger partial charge in [0, 0.05) is 21.7 Å². The average Bonchev–Trinajstić information content (AvgIpc) is 2.60. The summed E-state index contributed by atoms with van der Waals surface area (Å²) in [6.07, 6.45) is 3.59. The van der Waals surface area contributed by atoms with Gasteiger partial charge in [0.05, 0.1) is 16.0 Å². The molecular formula is C10H8Br2N2OS. The molecule has 0 bridgehead atoms. The predicted molar refractivity (Wildman–Crippen MR) is 72.1 cm³/mol. The summed E-state index contributed by atoms with van der Waals surface area (Å²) in [5, 5.41) is 1.01. The molecule has 0 unspecified atom stereocenters. The van der Waals surface area contributed by atoms with Gasteiger partial charge in [-0.1, -0.05) is 0 Å². The second-order valence-electron chi connectivity index (χ2n) is 3.28. The standard InChI is InChI=1S/C10H8Br2N2OS/c1-6-13-3-8(16-6)5-14-4-7(11)2-9(12)10(14)15/h2-4H,5H2,1H3. The summed E-state index contributed by atoms with van der Waals surface area (Å²) in [6, 6.07) is 1.75. The molecule has 84 valence electrons. The minimum Gasteiger partial charge on any atom is -0.308 e. The van der Waals surface area contributed by atoms with Crippen molar-refractivity contribution < 1.29 is 0 Å². The van der Waals surface area contributed by atoms with Crippen LogP contribution in [0.3, 0.4) is 0 Å². The molecule has 2 aromatic heterocycles. The lowest BCUT2D eigenvalue weighted by atomic mass is 10.4. The van der Waals surface area contributed by atoms with Gasteiger partial charge in [-0.05, 0) is 44.8 Å². The van der Waals surface area contributed by atoms with Crippen molar-refractivity contribution in [3.05, 3.63) is 47.6 Å². The minimum absolute atomic E-state index is 0.0331. The smallest absolute Gasteiger partial charge is 0.265 e. The Morgan fingerprint density at radius 1 is 1.50 bits per heavy atom. The molecule has 0 atom stereocenters. The Labute approximate surface area is 113 Å². The van der Waals surface area contributed by atoms with Crippen molar-refractivity contribution in [3.8, 4) is 0 Å². The van der Waals surface area contributed by atoms with Crippen LogP contribution in [0.5, 0.6) is 0 Å². The van der Waals surface area contributed by atoms with E-state index in [1.165, 1.54) is 0 Å². The number of aryl methyl sites for hydroxylation is 1.